The quantitative estimate of drug-likeness (QED) is 0.541. The molecule has 0 amide bonds. The second-order valence-corrected chi connectivity index (χ2v) is 9.66. The van der Waals surface area contributed by atoms with Gasteiger partial charge in [0.05, 0.1) is 18.0 Å². The van der Waals surface area contributed by atoms with E-state index < -0.39 is 29.0 Å². The molecule has 4 N–H and O–H groups in total. The van der Waals surface area contributed by atoms with Crippen LogP contribution < -0.4 is 9.64 Å². The fraction of sp³-hybridized carbons (Fsp3) is 0.500. The molecule has 2 aromatic rings. The van der Waals surface area contributed by atoms with E-state index in [2.05, 4.69) is 29.2 Å². The summed E-state index contributed by atoms with van der Waals surface area (Å²) in [4.78, 5) is 2.43. The molecule has 2 aliphatic heterocycles. The van der Waals surface area contributed by atoms with Crippen LogP contribution in [0.1, 0.15) is 30.4 Å². The van der Waals surface area contributed by atoms with Crippen LogP contribution in [-0.4, -0.2) is 69.1 Å². The van der Waals surface area contributed by atoms with Gasteiger partial charge in [-0.3, -0.25) is 0 Å². The summed E-state index contributed by atoms with van der Waals surface area (Å²) in [6, 6.07) is 16.3. The van der Waals surface area contributed by atoms with Crippen molar-refractivity contribution >= 4 is 17.4 Å². The molecule has 2 fully saturated rings. The van der Waals surface area contributed by atoms with Gasteiger partial charge in [-0.25, -0.2) is 0 Å². The van der Waals surface area contributed by atoms with Gasteiger partial charge >= 0.3 is 0 Å². The minimum absolute atomic E-state index is 0.305. The van der Waals surface area contributed by atoms with Gasteiger partial charge in [0.25, 0.3) is 0 Å². The van der Waals surface area contributed by atoms with E-state index in [-0.39, 0.29) is 6.61 Å². The predicted molar refractivity (Wildman–Crippen MR) is 123 cm³/mol. The van der Waals surface area contributed by atoms with Crippen LogP contribution in [0.15, 0.2) is 48.5 Å². The molecule has 4 rings (SSSR count). The monoisotopic (exact) mass is 445 g/mol. The van der Waals surface area contributed by atoms with Crippen LogP contribution in [0.3, 0.4) is 0 Å². The molecule has 0 spiro atoms. The number of ether oxygens (including phenoxy) is 1. The Hall–Kier alpha value is -1.77. The van der Waals surface area contributed by atoms with E-state index in [1.165, 1.54) is 24.9 Å². The number of benzene rings is 2. The van der Waals surface area contributed by atoms with Crippen molar-refractivity contribution in [1.29, 1.82) is 0 Å². The number of piperidine rings is 1. The van der Waals surface area contributed by atoms with Gasteiger partial charge in [0, 0.05) is 25.2 Å². The zero-order chi connectivity index (χ0) is 21.8. The summed E-state index contributed by atoms with van der Waals surface area (Å²) in [6.07, 6.45) is 0.685. The lowest BCUT2D eigenvalue weighted by molar-refractivity contribution is -0.0910. The predicted octanol–water partition coefficient (Wildman–Crippen LogP) is 2.16. The van der Waals surface area contributed by atoms with Gasteiger partial charge in [0.15, 0.2) is 5.44 Å². The largest absolute Gasteiger partial charge is 0.477 e. The number of thioether (sulfide) groups is 1. The summed E-state index contributed by atoms with van der Waals surface area (Å²) < 4.78 is 6.06. The second kappa shape index (κ2) is 10.2. The van der Waals surface area contributed by atoms with E-state index in [9.17, 15) is 20.4 Å². The van der Waals surface area contributed by atoms with Crippen molar-refractivity contribution in [3.63, 3.8) is 0 Å². The van der Waals surface area contributed by atoms with Crippen LogP contribution in [0.5, 0.6) is 5.75 Å². The first kappa shape index (κ1) is 22.4. The van der Waals surface area contributed by atoms with E-state index in [1.807, 2.05) is 24.3 Å². The lowest BCUT2D eigenvalue weighted by Gasteiger charge is -2.39. The molecule has 0 bridgehead atoms. The third kappa shape index (κ3) is 5.18. The summed E-state index contributed by atoms with van der Waals surface area (Å²) in [5.74, 6) is 0.624. The van der Waals surface area contributed by atoms with E-state index in [0.29, 0.717) is 12.2 Å². The molecular formula is C24H31NO5S. The summed E-state index contributed by atoms with van der Waals surface area (Å²) in [5, 5.41) is 39.4. The molecule has 2 aliphatic rings. The van der Waals surface area contributed by atoms with Crippen LogP contribution in [0.4, 0.5) is 5.69 Å². The number of aliphatic hydroxyl groups excluding tert-OH is 4. The molecule has 0 radical (unpaired) electrons. The molecular weight excluding hydrogens is 414 g/mol. The standard InChI is InChI=1S/C24H31NO5S/c26-15-20-21(27)22(28)23(29)24(31-20)30-19-7-3-2-6-17(19)14-16-8-10-18(11-9-16)25-12-4-1-5-13-25/h2-3,6-11,20-24,26-29H,1,4-5,12-15H2. The normalized spacial score (nSPS) is 29.0. The van der Waals surface area contributed by atoms with Gasteiger partial charge in [-0.1, -0.05) is 30.3 Å². The molecule has 7 heteroatoms. The third-order valence-electron chi connectivity index (χ3n) is 6.12. The van der Waals surface area contributed by atoms with Crippen molar-refractivity contribution in [2.45, 2.75) is 54.7 Å². The van der Waals surface area contributed by atoms with Gasteiger partial charge in [0.1, 0.15) is 18.0 Å². The van der Waals surface area contributed by atoms with Crippen LogP contribution in [0, 0.1) is 0 Å². The van der Waals surface area contributed by atoms with Gasteiger partial charge < -0.3 is 30.1 Å². The van der Waals surface area contributed by atoms with Crippen LogP contribution in [0.2, 0.25) is 0 Å². The molecule has 31 heavy (non-hydrogen) atoms. The molecule has 0 aliphatic carbocycles. The maximum Gasteiger partial charge on any atom is 0.173 e. The Morgan fingerprint density at radius 2 is 1.58 bits per heavy atom. The highest BCUT2D eigenvalue weighted by Crippen LogP contribution is 2.35. The Kier molecular flexibility index (Phi) is 7.40. The minimum atomic E-state index is -1.36. The number of nitrogens with zero attached hydrogens (tertiary/aromatic N) is 1. The molecule has 0 aromatic heterocycles. The third-order valence-corrected chi connectivity index (χ3v) is 7.54. The highest BCUT2D eigenvalue weighted by atomic mass is 32.2. The number of para-hydroxylation sites is 1. The number of hydrogen-bond acceptors (Lipinski definition) is 7. The highest BCUT2D eigenvalue weighted by molar-refractivity contribution is 8.00. The van der Waals surface area contributed by atoms with Crippen LogP contribution >= 0.6 is 11.8 Å². The van der Waals surface area contributed by atoms with E-state index in [0.717, 1.165) is 36.0 Å². The maximum atomic E-state index is 10.4. The fourth-order valence-corrected chi connectivity index (χ4v) is 5.49. The van der Waals surface area contributed by atoms with E-state index in [4.69, 9.17) is 4.74 Å². The molecule has 5 atom stereocenters. The number of anilines is 1. The van der Waals surface area contributed by atoms with Crippen LogP contribution in [0.25, 0.3) is 0 Å². The Labute approximate surface area is 187 Å². The van der Waals surface area contributed by atoms with Crippen molar-refractivity contribution in [2.24, 2.45) is 0 Å². The molecule has 2 aromatic carbocycles. The molecule has 6 nitrogen and oxygen atoms in total. The average Bonchev–Trinajstić information content (AvgIpc) is 2.81. The van der Waals surface area contributed by atoms with Crippen molar-refractivity contribution in [3.05, 3.63) is 59.7 Å². The molecule has 5 unspecified atom stereocenters. The topological polar surface area (TPSA) is 93.4 Å². The zero-order valence-electron chi connectivity index (χ0n) is 17.5. The second-order valence-electron chi connectivity index (χ2n) is 8.31. The smallest absolute Gasteiger partial charge is 0.173 e. The van der Waals surface area contributed by atoms with Gasteiger partial charge in [-0.15, -0.1) is 11.8 Å². The van der Waals surface area contributed by atoms with Crippen LogP contribution in [-0.2, 0) is 6.42 Å². The molecule has 2 heterocycles. The molecule has 168 valence electrons. The molecule has 2 saturated heterocycles. The summed E-state index contributed by atoms with van der Waals surface area (Å²) >= 11 is 1.14. The lowest BCUT2D eigenvalue weighted by Crippen LogP contribution is -2.55. The Bertz CT molecular complexity index is 840. The molecule has 0 saturated carbocycles. The first-order valence-corrected chi connectivity index (χ1v) is 11.9. The Morgan fingerprint density at radius 3 is 2.29 bits per heavy atom. The summed E-state index contributed by atoms with van der Waals surface area (Å²) in [5.41, 5.74) is 2.62. The number of rotatable bonds is 6. The number of hydrogen-bond donors (Lipinski definition) is 4. The fourth-order valence-electron chi connectivity index (χ4n) is 4.25. The van der Waals surface area contributed by atoms with Crippen molar-refractivity contribution in [1.82, 2.24) is 0 Å². The van der Waals surface area contributed by atoms with Gasteiger partial charge in [-0.05, 0) is 48.6 Å². The minimum Gasteiger partial charge on any atom is -0.477 e. The maximum absolute atomic E-state index is 10.4. The van der Waals surface area contributed by atoms with Crippen molar-refractivity contribution < 1.29 is 25.2 Å². The SMILES string of the molecule is OCC1SC(Oc2ccccc2Cc2ccc(N3CCCCC3)cc2)C(O)C(O)C1O. The zero-order valence-corrected chi connectivity index (χ0v) is 18.3. The van der Waals surface area contributed by atoms with Crippen molar-refractivity contribution in [3.8, 4) is 5.75 Å². The van der Waals surface area contributed by atoms with E-state index in [1.54, 1.807) is 0 Å². The average molecular weight is 446 g/mol. The lowest BCUT2D eigenvalue weighted by atomic mass is 10.0. The van der Waals surface area contributed by atoms with Gasteiger partial charge in [-0.2, -0.15) is 0 Å². The van der Waals surface area contributed by atoms with E-state index >= 15 is 0 Å². The Balaban J connectivity index is 1.46. The van der Waals surface area contributed by atoms with Gasteiger partial charge in [0.2, 0.25) is 0 Å². The summed E-state index contributed by atoms with van der Waals surface area (Å²) in [7, 11) is 0. The highest BCUT2D eigenvalue weighted by Gasteiger charge is 2.44. The number of aliphatic hydroxyl groups is 4. The Morgan fingerprint density at radius 1 is 0.871 bits per heavy atom. The first-order chi connectivity index (χ1) is 15.1. The summed E-state index contributed by atoms with van der Waals surface area (Å²) in [6.45, 7) is 1.93. The first-order valence-electron chi connectivity index (χ1n) is 11.0. The van der Waals surface area contributed by atoms with Crippen molar-refractivity contribution in [2.75, 3.05) is 24.6 Å².